The predicted molar refractivity (Wildman–Crippen MR) is 113 cm³/mol. The highest BCUT2D eigenvalue weighted by Crippen LogP contribution is 2.39. The second-order valence-electron chi connectivity index (χ2n) is 7.24. The van der Waals surface area contributed by atoms with Crippen LogP contribution >= 0.6 is 0 Å². The van der Waals surface area contributed by atoms with Crippen LogP contribution in [-0.2, 0) is 12.4 Å². The minimum absolute atomic E-state index is 0.0886. The van der Waals surface area contributed by atoms with Crippen LogP contribution in [0.4, 0.5) is 26.3 Å². The molecule has 0 radical (unpaired) electrons. The fourth-order valence-corrected chi connectivity index (χ4v) is 3.65. The van der Waals surface area contributed by atoms with Crippen molar-refractivity contribution in [3.05, 3.63) is 108 Å². The summed E-state index contributed by atoms with van der Waals surface area (Å²) in [5, 5.41) is 0. The van der Waals surface area contributed by atoms with Crippen molar-refractivity contribution in [3.8, 4) is 33.4 Å². The van der Waals surface area contributed by atoms with E-state index in [4.69, 9.17) is 0 Å². The molecule has 0 spiro atoms. The summed E-state index contributed by atoms with van der Waals surface area (Å²) in [7, 11) is 0. The normalized spacial score (nSPS) is 12.1. The average Bonchev–Trinajstić information content (AvgIpc) is 2.78. The van der Waals surface area contributed by atoms with E-state index in [0.717, 1.165) is 23.3 Å². The van der Waals surface area contributed by atoms with Crippen LogP contribution in [0.25, 0.3) is 33.4 Å². The van der Waals surface area contributed by atoms with Gasteiger partial charge in [-0.25, -0.2) is 0 Å². The Morgan fingerprint density at radius 1 is 0.344 bits per heavy atom. The molecule has 0 aliphatic carbocycles. The van der Waals surface area contributed by atoms with Gasteiger partial charge in [0, 0.05) is 0 Å². The molecule has 0 saturated carbocycles. The van der Waals surface area contributed by atoms with Crippen molar-refractivity contribution in [1.82, 2.24) is 0 Å². The topological polar surface area (TPSA) is 0 Å². The molecule has 0 aliphatic heterocycles. The van der Waals surface area contributed by atoms with E-state index in [1.807, 2.05) is 0 Å². The highest BCUT2D eigenvalue weighted by Gasteiger charge is 2.34. The highest BCUT2D eigenvalue weighted by atomic mass is 19.4. The van der Waals surface area contributed by atoms with Crippen LogP contribution < -0.4 is 0 Å². The number of alkyl halides is 6. The first kappa shape index (κ1) is 21.7. The maximum atomic E-state index is 13.3. The molecule has 4 rings (SSSR count). The first-order valence-corrected chi connectivity index (χ1v) is 9.68. The fourth-order valence-electron chi connectivity index (χ4n) is 3.65. The van der Waals surface area contributed by atoms with Gasteiger partial charge in [-0.05, 0) is 45.5 Å². The summed E-state index contributed by atoms with van der Waals surface area (Å²) >= 11 is 0. The molecule has 0 heterocycles. The fraction of sp³-hybridized carbons (Fsp3) is 0.0769. The Morgan fingerprint density at radius 2 is 0.625 bits per heavy atom. The van der Waals surface area contributed by atoms with Crippen LogP contribution in [-0.4, -0.2) is 0 Å². The molecule has 4 aromatic rings. The van der Waals surface area contributed by atoms with Crippen molar-refractivity contribution in [2.24, 2.45) is 0 Å². The Morgan fingerprint density at radius 3 is 0.938 bits per heavy atom. The van der Waals surface area contributed by atoms with E-state index in [2.05, 4.69) is 0 Å². The minimum Gasteiger partial charge on any atom is -0.166 e. The molecule has 162 valence electrons. The molecule has 6 heteroatoms. The van der Waals surface area contributed by atoms with Gasteiger partial charge < -0.3 is 0 Å². The standard InChI is InChI=1S/C26H16F6/c27-25(28,29)23-7-3-1-5-21(23)19-13-9-17(10-14-19)18-11-15-20(16-12-18)22-6-2-4-8-24(22)26(30,31)32/h1-16H. The second-order valence-corrected chi connectivity index (χ2v) is 7.24. The molecular formula is C26H16F6. The molecule has 4 aromatic carbocycles. The zero-order valence-corrected chi connectivity index (χ0v) is 16.5. The van der Waals surface area contributed by atoms with Crippen molar-refractivity contribution in [2.45, 2.75) is 12.4 Å². The molecule has 0 unspecified atom stereocenters. The molecule has 0 saturated heterocycles. The summed E-state index contributed by atoms with van der Waals surface area (Å²) in [6.07, 6.45) is -8.92. The van der Waals surface area contributed by atoms with Gasteiger partial charge >= 0.3 is 12.4 Å². The lowest BCUT2D eigenvalue weighted by Crippen LogP contribution is -2.06. The molecule has 0 aliphatic rings. The largest absolute Gasteiger partial charge is 0.417 e. The number of hydrogen-bond acceptors (Lipinski definition) is 0. The van der Waals surface area contributed by atoms with E-state index in [1.54, 1.807) is 60.7 Å². The van der Waals surface area contributed by atoms with Crippen molar-refractivity contribution >= 4 is 0 Å². The molecule has 32 heavy (non-hydrogen) atoms. The predicted octanol–water partition coefficient (Wildman–Crippen LogP) is 8.73. The minimum atomic E-state index is -4.46. The summed E-state index contributed by atoms with van der Waals surface area (Å²) < 4.78 is 79.7. The van der Waals surface area contributed by atoms with Gasteiger partial charge in [0.1, 0.15) is 0 Å². The van der Waals surface area contributed by atoms with Crippen LogP contribution in [0.3, 0.4) is 0 Å². The zero-order chi connectivity index (χ0) is 22.9. The number of benzene rings is 4. The van der Waals surface area contributed by atoms with Gasteiger partial charge in [-0.15, -0.1) is 0 Å². The van der Waals surface area contributed by atoms with Crippen LogP contribution in [0.1, 0.15) is 11.1 Å². The Labute approximate surface area is 180 Å². The third-order valence-electron chi connectivity index (χ3n) is 5.19. The molecule has 0 bridgehead atoms. The van der Waals surface area contributed by atoms with Crippen LogP contribution in [0, 0.1) is 0 Å². The smallest absolute Gasteiger partial charge is 0.166 e. The summed E-state index contributed by atoms with van der Waals surface area (Å²) in [5.74, 6) is 0. The molecular weight excluding hydrogens is 426 g/mol. The third-order valence-corrected chi connectivity index (χ3v) is 5.19. The van der Waals surface area contributed by atoms with E-state index >= 15 is 0 Å². The Balaban J connectivity index is 1.64. The van der Waals surface area contributed by atoms with Gasteiger partial charge in [0.2, 0.25) is 0 Å². The van der Waals surface area contributed by atoms with Gasteiger partial charge in [-0.3, -0.25) is 0 Å². The van der Waals surface area contributed by atoms with Gasteiger partial charge in [0.25, 0.3) is 0 Å². The van der Waals surface area contributed by atoms with Gasteiger partial charge in [-0.2, -0.15) is 26.3 Å². The lowest BCUT2D eigenvalue weighted by Gasteiger charge is -2.14. The first-order chi connectivity index (χ1) is 15.1. The average molecular weight is 442 g/mol. The summed E-state index contributed by atoms with van der Waals surface area (Å²) in [6.45, 7) is 0. The number of rotatable bonds is 3. The van der Waals surface area contributed by atoms with E-state index in [9.17, 15) is 26.3 Å². The van der Waals surface area contributed by atoms with Gasteiger partial charge in [0.15, 0.2) is 0 Å². The van der Waals surface area contributed by atoms with Crippen LogP contribution in [0.2, 0.25) is 0 Å². The molecule has 0 nitrogen and oxygen atoms in total. The molecule has 0 atom stereocenters. The van der Waals surface area contributed by atoms with Crippen LogP contribution in [0.5, 0.6) is 0 Å². The molecule has 0 fully saturated rings. The lowest BCUT2D eigenvalue weighted by molar-refractivity contribution is -0.137. The van der Waals surface area contributed by atoms with Crippen molar-refractivity contribution in [1.29, 1.82) is 0 Å². The summed E-state index contributed by atoms with van der Waals surface area (Å²) in [4.78, 5) is 0. The maximum Gasteiger partial charge on any atom is 0.417 e. The van der Waals surface area contributed by atoms with E-state index in [0.29, 0.717) is 11.1 Å². The Kier molecular flexibility index (Phi) is 5.55. The maximum absolute atomic E-state index is 13.3. The number of halogens is 6. The van der Waals surface area contributed by atoms with Gasteiger partial charge in [0.05, 0.1) is 11.1 Å². The highest BCUT2D eigenvalue weighted by molar-refractivity contribution is 5.75. The summed E-state index contributed by atoms with van der Waals surface area (Å²) in [6, 6.07) is 23.9. The monoisotopic (exact) mass is 442 g/mol. The molecule has 0 amide bonds. The van der Waals surface area contributed by atoms with E-state index in [-0.39, 0.29) is 11.1 Å². The van der Waals surface area contributed by atoms with Crippen LogP contribution in [0.15, 0.2) is 97.1 Å². The SMILES string of the molecule is FC(F)(F)c1ccccc1-c1ccc(-c2ccc(-c3ccccc3C(F)(F)F)cc2)cc1. The van der Waals surface area contributed by atoms with Crippen molar-refractivity contribution in [2.75, 3.05) is 0 Å². The third kappa shape index (κ3) is 4.40. The van der Waals surface area contributed by atoms with Gasteiger partial charge in [-0.1, -0.05) is 84.9 Å². The Bertz CT molecular complexity index is 1120. The van der Waals surface area contributed by atoms with Crippen molar-refractivity contribution in [3.63, 3.8) is 0 Å². The lowest BCUT2D eigenvalue weighted by atomic mass is 9.95. The molecule has 0 aromatic heterocycles. The van der Waals surface area contributed by atoms with E-state index < -0.39 is 23.5 Å². The van der Waals surface area contributed by atoms with E-state index in [1.165, 1.54) is 24.3 Å². The zero-order valence-electron chi connectivity index (χ0n) is 16.5. The first-order valence-electron chi connectivity index (χ1n) is 9.68. The quantitative estimate of drug-likeness (QED) is 0.278. The second kappa shape index (κ2) is 8.19. The van der Waals surface area contributed by atoms with Crippen molar-refractivity contribution < 1.29 is 26.3 Å². The Hall–Kier alpha value is -3.54. The summed E-state index contributed by atoms with van der Waals surface area (Å²) in [5.41, 5.74) is 1.11. The molecule has 0 N–H and O–H groups in total. The number of hydrogen-bond donors (Lipinski definition) is 0.